The van der Waals surface area contributed by atoms with Crippen LogP contribution in [0.2, 0.25) is 0 Å². The number of aromatic amines is 1. The predicted molar refractivity (Wildman–Crippen MR) is 170 cm³/mol. The first-order chi connectivity index (χ1) is 21.0. The van der Waals surface area contributed by atoms with Crippen molar-refractivity contribution in [3.63, 3.8) is 0 Å². The Hall–Kier alpha value is -4.11. The molecule has 0 amide bonds. The molecule has 2 aromatic heterocycles. The van der Waals surface area contributed by atoms with Crippen molar-refractivity contribution in [1.29, 1.82) is 0 Å². The number of nitrogens with zero attached hydrogens (tertiary/aromatic N) is 3. The Morgan fingerprint density at radius 3 is 2.44 bits per heavy atom. The number of carbonyl (C=O) groups excluding carboxylic acids is 1. The summed E-state index contributed by atoms with van der Waals surface area (Å²) in [5.41, 5.74) is 1.40. The van der Waals surface area contributed by atoms with Gasteiger partial charge in [0.2, 0.25) is 5.78 Å². The molecule has 11 nitrogen and oxygen atoms in total. The van der Waals surface area contributed by atoms with Crippen molar-refractivity contribution in [2.75, 3.05) is 42.8 Å². The Morgan fingerprint density at radius 1 is 1.11 bits per heavy atom. The second-order valence-electron chi connectivity index (χ2n) is 10.5. The van der Waals surface area contributed by atoms with E-state index >= 15 is 4.39 Å². The summed E-state index contributed by atoms with van der Waals surface area (Å²) >= 11 is 0. The molecule has 45 heavy (non-hydrogen) atoms. The topological polar surface area (TPSA) is 148 Å². The Labute approximate surface area is 265 Å². The minimum Gasteiger partial charge on any atom is -0.480 e. The van der Waals surface area contributed by atoms with Gasteiger partial charge >= 0.3 is 16.2 Å². The summed E-state index contributed by atoms with van der Waals surface area (Å²) in [5, 5.41) is 12.3. The average Bonchev–Trinajstić information content (AvgIpc) is 3.45. The Bertz CT molecular complexity index is 1810. The minimum atomic E-state index is -4.12. The maximum absolute atomic E-state index is 15.4. The quantitative estimate of drug-likeness (QED) is 0.173. The normalized spacial score (nSPS) is 14.0. The molecule has 15 heteroatoms. The van der Waals surface area contributed by atoms with Gasteiger partial charge in [-0.15, -0.1) is 12.4 Å². The molecule has 3 heterocycles. The zero-order chi connectivity index (χ0) is 31.6. The molecule has 1 aliphatic heterocycles. The lowest BCUT2D eigenvalue weighted by molar-refractivity contribution is -0.136. The molecular formula is C30H33ClF2N6O5S. The van der Waals surface area contributed by atoms with Crippen LogP contribution in [0.15, 0.2) is 54.9 Å². The molecule has 0 atom stereocenters. The highest BCUT2D eigenvalue weighted by molar-refractivity contribution is 7.90. The Morgan fingerprint density at radius 2 is 1.80 bits per heavy atom. The van der Waals surface area contributed by atoms with Crippen molar-refractivity contribution in [3.8, 4) is 11.1 Å². The number of benzene rings is 2. The van der Waals surface area contributed by atoms with Crippen LogP contribution in [0.4, 0.5) is 20.2 Å². The number of rotatable bonds is 11. The molecule has 4 aromatic rings. The van der Waals surface area contributed by atoms with Crippen LogP contribution >= 0.6 is 12.4 Å². The van der Waals surface area contributed by atoms with Gasteiger partial charge in [-0.3, -0.25) is 14.3 Å². The van der Waals surface area contributed by atoms with Crippen molar-refractivity contribution in [2.24, 2.45) is 0 Å². The molecule has 1 aliphatic rings. The van der Waals surface area contributed by atoms with Gasteiger partial charge in [0.15, 0.2) is 5.82 Å². The Kier molecular flexibility index (Phi) is 10.4. The molecule has 4 N–H and O–H groups in total. The van der Waals surface area contributed by atoms with Crippen molar-refractivity contribution < 1.29 is 31.9 Å². The van der Waals surface area contributed by atoms with Crippen molar-refractivity contribution in [3.05, 3.63) is 77.6 Å². The minimum absolute atomic E-state index is 0. The number of nitrogens with one attached hydrogen (secondary N) is 3. The van der Waals surface area contributed by atoms with Crippen LogP contribution in [0.5, 0.6) is 0 Å². The summed E-state index contributed by atoms with van der Waals surface area (Å²) in [6, 6.07) is 11.4. The molecule has 240 valence electrons. The number of H-pyrrole nitrogens is 1. The zero-order valence-corrected chi connectivity index (χ0v) is 26.1. The van der Waals surface area contributed by atoms with E-state index in [2.05, 4.69) is 24.9 Å². The number of carboxylic acid groups (broad SMARTS) is 1. The molecule has 0 aliphatic carbocycles. The van der Waals surface area contributed by atoms with Crippen LogP contribution in [0.1, 0.15) is 35.7 Å². The molecule has 0 bridgehead atoms. The highest BCUT2D eigenvalue weighted by atomic mass is 35.5. The fourth-order valence-corrected chi connectivity index (χ4v) is 6.08. The van der Waals surface area contributed by atoms with Crippen LogP contribution < -0.4 is 14.9 Å². The number of anilines is 2. The third-order valence-electron chi connectivity index (χ3n) is 7.79. The highest BCUT2D eigenvalue weighted by Gasteiger charge is 2.27. The molecule has 2 aromatic carbocycles. The predicted octanol–water partition coefficient (Wildman–Crippen LogP) is 4.41. The monoisotopic (exact) mass is 662 g/mol. The summed E-state index contributed by atoms with van der Waals surface area (Å²) < 4.78 is 58.2. The maximum atomic E-state index is 15.4. The fourth-order valence-electron chi connectivity index (χ4n) is 5.15. The second kappa shape index (κ2) is 13.9. The average molecular weight is 663 g/mol. The van der Waals surface area contributed by atoms with Crippen LogP contribution in [0, 0.1) is 11.6 Å². The molecule has 0 saturated carbocycles. The van der Waals surface area contributed by atoms with Crippen molar-refractivity contribution >= 4 is 56.8 Å². The SMILES string of the molecule is CCN(C)S(=O)(=O)Nc1ccc(F)c(C(=O)c2c[nH]c3ncc(-c4ccc(N5CCC(NCC(=O)O)CC5)cc4)cc23)c1F.Cl. The maximum Gasteiger partial charge on any atom is 0.317 e. The van der Waals surface area contributed by atoms with E-state index in [0.717, 1.165) is 53.6 Å². The number of aliphatic carboxylic acids is 1. The van der Waals surface area contributed by atoms with E-state index in [9.17, 15) is 22.4 Å². The van der Waals surface area contributed by atoms with Gasteiger partial charge in [0.05, 0.1) is 17.8 Å². The van der Waals surface area contributed by atoms with Crippen molar-refractivity contribution in [1.82, 2.24) is 19.6 Å². The van der Waals surface area contributed by atoms with Gasteiger partial charge in [-0.25, -0.2) is 13.8 Å². The van der Waals surface area contributed by atoms with Crippen LogP contribution in [0.3, 0.4) is 0 Å². The van der Waals surface area contributed by atoms with Crippen molar-refractivity contribution in [2.45, 2.75) is 25.8 Å². The number of carboxylic acids is 1. The molecule has 0 spiro atoms. The number of carbonyl (C=O) groups is 2. The number of hydrogen-bond acceptors (Lipinski definition) is 7. The standard InChI is InChI=1S/C30H32F2N6O5S.ClH/c1-3-37(2)44(42,43)36-25-9-8-24(31)27(28(25)32)29(41)23-16-35-30-22(23)14-19(15-34-30)18-4-6-21(7-5-18)38-12-10-20(11-13-38)33-17-26(39)40;/h4-9,14-16,20,33,36H,3,10-13,17H2,1-2H3,(H,34,35)(H,39,40);1H. The molecule has 0 unspecified atom stereocenters. The first-order valence-electron chi connectivity index (χ1n) is 14.0. The van der Waals surface area contributed by atoms with E-state index in [0.29, 0.717) is 16.6 Å². The lowest BCUT2D eigenvalue weighted by atomic mass is 9.99. The highest BCUT2D eigenvalue weighted by Crippen LogP contribution is 2.31. The summed E-state index contributed by atoms with van der Waals surface area (Å²) in [5.74, 6) is -4.29. The summed E-state index contributed by atoms with van der Waals surface area (Å²) in [7, 11) is -2.82. The van der Waals surface area contributed by atoms with Gasteiger partial charge in [-0.1, -0.05) is 19.1 Å². The van der Waals surface area contributed by atoms with E-state index in [4.69, 9.17) is 5.11 Å². The molecule has 0 radical (unpaired) electrons. The lowest BCUT2D eigenvalue weighted by Crippen LogP contribution is -2.44. The van der Waals surface area contributed by atoms with Gasteiger partial charge in [-0.2, -0.15) is 12.7 Å². The number of pyridine rings is 1. The number of piperidine rings is 1. The number of hydrogen-bond donors (Lipinski definition) is 4. The smallest absolute Gasteiger partial charge is 0.317 e. The number of halogens is 3. The van der Waals surface area contributed by atoms with E-state index < -0.39 is 44.8 Å². The molecule has 1 fully saturated rings. The number of fused-ring (bicyclic) bond motifs is 1. The van der Waals surface area contributed by atoms with Gasteiger partial charge in [0, 0.05) is 67.3 Å². The number of ketones is 1. The third-order valence-corrected chi connectivity index (χ3v) is 9.35. The van der Waals surface area contributed by atoms with Crippen LogP contribution in [0.25, 0.3) is 22.2 Å². The van der Waals surface area contributed by atoms with Gasteiger partial charge < -0.3 is 20.3 Å². The summed E-state index contributed by atoms with van der Waals surface area (Å²) in [6.45, 7) is 3.22. The summed E-state index contributed by atoms with van der Waals surface area (Å²) in [4.78, 5) is 33.8. The number of aromatic nitrogens is 2. The van der Waals surface area contributed by atoms with E-state index in [1.807, 2.05) is 24.3 Å². The first kappa shape index (κ1) is 33.8. The van der Waals surface area contributed by atoms with Gasteiger partial charge in [0.25, 0.3) is 0 Å². The fraction of sp³-hybridized carbons (Fsp3) is 0.300. The summed E-state index contributed by atoms with van der Waals surface area (Å²) in [6.07, 6.45) is 4.60. The van der Waals surface area contributed by atoms with E-state index in [1.54, 1.807) is 19.2 Å². The van der Waals surface area contributed by atoms with Crippen LogP contribution in [-0.4, -0.2) is 78.8 Å². The van der Waals surface area contributed by atoms with Crippen LogP contribution in [-0.2, 0) is 15.0 Å². The molecule has 5 rings (SSSR count). The Balaban J connectivity index is 0.00000461. The third kappa shape index (κ3) is 7.25. The van der Waals surface area contributed by atoms with E-state index in [-0.39, 0.29) is 37.1 Å². The van der Waals surface area contributed by atoms with Gasteiger partial charge in [0.1, 0.15) is 11.5 Å². The lowest BCUT2D eigenvalue weighted by Gasteiger charge is -2.34. The first-order valence-corrected chi connectivity index (χ1v) is 15.5. The largest absolute Gasteiger partial charge is 0.480 e. The van der Waals surface area contributed by atoms with E-state index in [1.165, 1.54) is 13.2 Å². The molecular weight excluding hydrogens is 630 g/mol. The molecule has 1 saturated heterocycles. The second-order valence-corrected chi connectivity index (χ2v) is 12.3. The zero-order valence-electron chi connectivity index (χ0n) is 24.5. The van der Waals surface area contributed by atoms with Gasteiger partial charge in [-0.05, 0) is 48.7 Å².